The van der Waals surface area contributed by atoms with Crippen molar-refractivity contribution in [1.29, 1.82) is 0 Å². The standard InChI is InChI=1S/C18H23FN2O2/c19-16-7-3-4-14(12-16)13-17(22)20-8-10-21(11-9-20)18(23)15-5-1-2-6-15/h3-4,7,12,15H,1-2,5-6,8-11,13H2. The molecule has 23 heavy (non-hydrogen) atoms. The van der Waals surface area contributed by atoms with E-state index < -0.39 is 0 Å². The first-order valence-corrected chi connectivity index (χ1v) is 8.44. The van der Waals surface area contributed by atoms with Gasteiger partial charge in [-0.2, -0.15) is 0 Å². The topological polar surface area (TPSA) is 40.6 Å². The van der Waals surface area contributed by atoms with Crippen molar-refractivity contribution >= 4 is 11.8 Å². The summed E-state index contributed by atoms with van der Waals surface area (Å²) in [5, 5.41) is 0. The Morgan fingerprint density at radius 1 is 1.04 bits per heavy atom. The van der Waals surface area contributed by atoms with Crippen LogP contribution < -0.4 is 0 Å². The Kier molecular flexibility index (Phi) is 4.94. The van der Waals surface area contributed by atoms with Gasteiger partial charge in [-0.3, -0.25) is 9.59 Å². The molecular formula is C18H23FN2O2. The van der Waals surface area contributed by atoms with Crippen LogP contribution in [0.3, 0.4) is 0 Å². The molecule has 124 valence electrons. The van der Waals surface area contributed by atoms with Gasteiger partial charge >= 0.3 is 0 Å². The Hall–Kier alpha value is -1.91. The van der Waals surface area contributed by atoms with Crippen LogP contribution >= 0.6 is 0 Å². The Morgan fingerprint density at radius 3 is 2.35 bits per heavy atom. The summed E-state index contributed by atoms with van der Waals surface area (Å²) >= 11 is 0. The van der Waals surface area contributed by atoms with E-state index in [1.54, 1.807) is 17.0 Å². The molecule has 3 rings (SSSR count). The number of benzene rings is 1. The van der Waals surface area contributed by atoms with E-state index in [0.717, 1.165) is 25.7 Å². The van der Waals surface area contributed by atoms with Gasteiger partial charge in [-0.1, -0.05) is 25.0 Å². The lowest BCUT2D eigenvalue weighted by atomic mass is 10.1. The third-order valence-electron chi connectivity index (χ3n) is 4.89. The molecule has 2 fully saturated rings. The Balaban J connectivity index is 1.50. The highest BCUT2D eigenvalue weighted by molar-refractivity contribution is 5.81. The van der Waals surface area contributed by atoms with Crippen LogP contribution in [0.5, 0.6) is 0 Å². The van der Waals surface area contributed by atoms with Gasteiger partial charge in [0.15, 0.2) is 0 Å². The highest BCUT2D eigenvalue weighted by Crippen LogP contribution is 2.27. The fraction of sp³-hybridized carbons (Fsp3) is 0.556. The third kappa shape index (κ3) is 3.89. The number of rotatable bonds is 3. The number of hydrogen-bond donors (Lipinski definition) is 0. The van der Waals surface area contributed by atoms with E-state index in [4.69, 9.17) is 0 Å². The predicted molar refractivity (Wildman–Crippen MR) is 85.2 cm³/mol. The normalized spacial score (nSPS) is 19.2. The smallest absolute Gasteiger partial charge is 0.227 e. The van der Waals surface area contributed by atoms with Crippen molar-refractivity contribution in [3.63, 3.8) is 0 Å². The molecule has 1 aliphatic heterocycles. The molecule has 1 saturated heterocycles. The van der Waals surface area contributed by atoms with E-state index >= 15 is 0 Å². The molecule has 2 aliphatic rings. The summed E-state index contributed by atoms with van der Waals surface area (Å²) in [5.41, 5.74) is 0.694. The lowest BCUT2D eigenvalue weighted by molar-refractivity contribution is -0.141. The minimum absolute atomic E-state index is 0.00330. The molecule has 0 bridgehead atoms. The second-order valence-corrected chi connectivity index (χ2v) is 6.49. The molecule has 1 saturated carbocycles. The lowest BCUT2D eigenvalue weighted by Gasteiger charge is -2.36. The van der Waals surface area contributed by atoms with Crippen molar-refractivity contribution in [2.75, 3.05) is 26.2 Å². The molecule has 4 nitrogen and oxygen atoms in total. The van der Waals surface area contributed by atoms with E-state index in [2.05, 4.69) is 0 Å². The number of carbonyl (C=O) groups is 2. The average Bonchev–Trinajstić information content (AvgIpc) is 3.09. The van der Waals surface area contributed by atoms with Gasteiger partial charge in [0.05, 0.1) is 6.42 Å². The highest BCUT2D eigenvalue weighted by Gasteiger charge is 2.30. The molecule has 5 heteroatoms. The Labute approximate surface area is 136 Å². The second kappa shape index (κ2) is 7.11. The average molecular weight is 318 g/mol. The molecule has 1 heterocycles. The molecular weight excluding hydrogens is 295 g/mol. The zero-order valence-electron chi connectivity index (χ0n) is 13.3. The molecule has 2 amide bonds. The molecule has 0 radical (unpaired) electrons. The van der Waals surface area contributed by atoms with Crippen molar-refractivity contribution in [3.05, 3.63) is 35.6 Å². The molecule has 0 N–H and O–H groups in total. The molecule has 0 aromatic heterocycles. The summed E-state index contributed by atoms with van der Waals surface area (Å²) < 4.78 is 13.2. The van der Waals surface area contributed by atoms with Crippen molar-refractivity contribution in [1.82, 2.24) is 9.80 Å². The molecule has 0 atom stereocenters. The summed E-state index contributed by atoms with van der Waals surface area (Å²) in [5.74, 6) is 0.148. The van der Waals surface area contributed by atoms with Crippen LogP contribution in [0.15, 0.2) is 24.3 Å². The van der Waals surface area contributed by atoms with Crippen LogP contribution in [0.2, 0.25) is 0 Å². The molecule has 1 aromatic carbocycles. The van der Waals surface area contributed by atoms with Crippen molar-refractivity contribution < 1.29 is 14.0 Å². The fourth-order valence-corrected chi connectivity index (χ4v) is 3.54. The second-order valence-electron chi connectivity index (χ2n) is 6.49. The summed E-state index contributed by atoms with van der Waals surface area (Å²) in [6, 6.07) is 6.16. The van der Waals surface area contributed by atoms with Crippen LogP contribution in [-0.2, 0) is 16.0 Å². The van der Waals surface area contributed by atoms with Gasteiger partial charge in [0.2, 0.25) is 11.8 Å². The largest absolute Gasteiger partial charge is 0.339 e. The molecule has 0 unspecified atom stereocenters. The highest BCUT2D eigenvalue weighted by atomic mass is 19.1. The Morgan fingerprint density at radius 2 is 1.70 bits per heavy atom. The fourth-order valence-electron chi connectivity index (χ4n) is 3.54. The van der Waals surface area contributed by atoms with Gasteiger partial charge in [0.25, 0.3) is 0 Å². The lowest BCUT2D eigenvalue weighted by Crippen LogP contribution is -2.52. The zero-order valence-corrected chi connectivity index (χ0v) is 13.3. The van der Waals surface area contributed by atoms with Crippen LogP contribution in [-0.4, -0.2) is 47.8 Å². The summed E-state index contributed by atoms with van der Waals surface area (Å²) in [7, 11) is 0. The number of nitrogens with zero attached hydrogens (tertiary/aromatic N) is 2. The predicted octanol–water partition coefficient (Wildman–Crippen LogP) is 2.23. The molecule has 1 aromatic rings. The van der Waals surface area contributed by atoms with E-state index in [1.807, 2.05) is 4.90 Å². The third-order valence-corrected chi connectivity index (χ3v) is 4.89. The number of carbonyl (C=O) groups excluding carboxylic acids is 2. The van der Waals surface area contributed by atoms with Gasteiger partial charge in [-0.15, -0.1) is 0 Å². The van der Waals surface area contributed by atoms with Gasteiger partial charge in [-0.25, -0.2) is 4.39 Å². The van der Waals surface area contributed by atoms with Crippen molar-refractivity contribution in [2.24, 2.45) is 5.92 Å². The SMILES string of the molecule is O=C(Cc1cccc(F)c1)N1CCN(C(=O)C2CCCC2)CC1. The first-order valence-electron chi connectivity index (χ1n) is 8.44. The maximum Gasteiger partial charge on any atom is 0.227 e. The van der Waals surface area contributed by atoms with Gasteiger partial charge in [0.1, 0.15) is 5.82 Å². The van der Waals surface area contributed by atoms with Crippen molar-refractivity contribution in [2.45, 2.75) is 32.1 Å². The maximum absolute atomic E-state index is 13.2. The minimum atomic E-state index is -0.317. The first-order chi connectivity index (χ1) is 11.1. The van der Waals surface area contributed by atoms with Crippen molar-refractivity contribution in [3.8, 4) is 0 Å². The quantitative estimate of drug-likeness (QED) is 0.857. The first kappa shape index (κ1) is 16.0. The number of amides is 2. The number of hydrogen-bond acceptors (Lipinski definition) is 2. The maximum atomic E-state index is 13.2. The van der Waals surface area contributed by atoms with Crippen LogP contribution in [0, 0.1) is 11.7 Å². The monoisotopic (exact) mass is 318 g/mol. The summed E-state index contributed by atoms with van der Waals surface area (Å²) in [6.45, 7) is 2.38. The summed E-state index contributed by atoms with van der Waals surface area (Å²) in [4.78, 5) is 28.4. The van der Waals surface area contributed by atoms with E-state index in [1.165, 1.54) is 12.1 Å². The summed E-state index contributed by atoms with van der Waals surface area (Å²) in [6.07, 6.45) is 4.55. The Bertz CT molecular complexity index is 576. The van der Waals surface area contributed by atoms with Crippen LogP contribution in [0.25, 0.3) is 0 Å². The van der Waals surface area contributed by atoms with Crippen LogP contribution in [0.1, 0.15) is 31.2 Å². The molecule has 0 spiro atoms. The minimum Gasteiger partial charge on any atom is -0.339 e. The van der Waals surface area contributed by atoms with E-state index in [0.29, 0.717) is 31.7 Å². The number of halogens is 1. The van der Waals surface area contributed by atoms with Gasteiger partial charge < -0.3 is 9.80 Å². The number of piperazine rings is 1. The van der Waals surface area contributed by atoms with Gasteiger partial charge in [0, 0.05) is 32.1 Å². The van der Waals surface area contributed by atoms with E-state index in [9.17, 15) is 14.0 Å². The molecule has 1 aliphatic carbocycles. The van der Waals surface area contributed by atoms with E-state index in [-0.39, 0.29) is 30.0 Å². The van der Waals surface area contributed by atoms with Gasteiger partial charge in [-0.05, 0) is 30.5 Å². The van der Waals surface area contributed by atoms with Crippen LogP contribution in [0.4, 0.5) is 4.39 Å². The zero-order chi connectivity index (χ0) is 16.2.